The van der Waals surface area contributed by atoms with Crippen LogP contribution in [0.1, 0.15) is 31.8 Å². The van der Waals surface area contributed by atoms with Crippen molar-refractivity contribution in [1.82, 2.24) is 0 Å². The van der Waals surface area contributed by atoms with Crippen molar-refractivity contribution in [2.75, 3.05) is 19.0 Å². The third-order valence-electron chi connectivity index (χ3n) is 4.58. The van der Waals surface area contributed by atoms with Crippen LogP contribution < -0.4 is 4.90 Å². The van der Waals surface area contributed by atoms with Gasteiger partial charge in [-0.2, -0.15) is 0 Å². The van der Waals surface area contributed by atoms with Crippen molar-refractivity contribution in [1.29, 1.82) is 0 Å². The molecule has 0 radical (unpaired) electrons. The molecule has 0 saturated heterocycles. The summed E-state index contributed by atoms with van der Waals surface area (Å²) in [7, 11) is 3.95. The van der Waals surface area contributed by atoms with Gasteiger partial charge in [-0.1, -0.05) is 36.4 Å². The lowest BCUT2D eigenvalue weighted by atomic mass is 9.94. The minimum Gasteiger partial charge on any atom is -0.478 e. The van der Waals surface area contributed by atoms with Gasteiger partial charge in [0.25, 0.3) is 0 Å². The zero-order valence-electron chi connectivity index (χ0n) is 15.6. The molecule has 0 amide bonds. The number of aryl methyl sites for hydroxylation is 1. The molecule has 4 nitrogen and oxygen atoms in total. The van der Waals surface area contributed by atoms with Crippen molar-refractivity contribution in [2.24, 2.45) is 0 Å². The molecule has 0 spiro atoms. The van der Waals surface area contributed by atoms with Crippen LogP contribution in [0.25, 0.3) is 16.8 Å². The fourth-order valence-electron chi connectivity index (χ4n) is 3.13. The number of carbonyl (C=O) groups is 2. The maximum absolute atomic E-state index is 12.8. The van der Waals surface area contributed by atoms with Crippen LogP contribution in [0.3, 0.4) is 0 Å². The summed E-state index contributed by atoms with van der Waals surface area (Å²) in [5.41, 5.74) is 3.56. The Kier molecular flexibility index (Phi) is 5.08. The van der Waals surface area contributed by atoms with Crippen molar-refractivity contribution < 1.29 is 14.7 Å². The van der Waals surface area contributed by atoms with Gasteiger partial charge in [0.05, 0.1) is 5.56 Å². The SMILES string of the molecule is Cc1cccc2c(C(=O)/C=C\c3ccc(N(C)C)cc3)ccc(C(=O)O)c12. The second kappa shape index (κ2) is 7.46. The molecule has 0 aromatic heterocycles. The lowest BCUT2D eigenvalue weighted by molar-refractivity contribution is 0.0698. The number of allylic oxidation sites excluding steroid dienone is 1. The number of rotatable bonds is 5. The molecular weight excluding hydrogens is 338 g/mol. The third-order valence-corrected chi connectivity index (χ3v) is 4.58. The van der Waals surface area contributed by atoms with Crippen LogP contribution in [0.15, 0.2) is 60.7 Å². The van der Waals surface area contributed by atoms with Gasteiger partial charge in [0.2, 0.25) is 0 Å². The first-order valence-corrected chi connectivity index (χ1v) is 8.64. The first-order valence-electron chi connectivity index (χ1n) is 8.64. The van der Waals surface area contributed by atoms with Crippen LogP contribution >= 0.6 is 0 Å². The van der Waals surface area contributed by atoms with E-state index in [2.05, 4.69) is 0 Å². The number of benzene rings is 3. The molecular formula is C23H21NO3. The van der Waals surface area contributed by atoms with Crippen LogP contribution in [-0.2, 0) is 0 Å². The quantitative estimate of drug-likeness (QED) is 0.525. The molecule has 0 bridgehead atoms. The minimum absolute atomic E-state index is 0.153. The van der Waals surface area contributed by atoms with Gasteiger partial charge < -0.3 is 10.0 Å². The molecule has 0 aliphatic rings. The number of nitrogens with zero attached hydrogens (tertiary/aromatic N) is 1. The summed E-state index contributed by atoms with van der Waals surface area (Å²) in [6, 6.07) is 16.5. The van der Waals surface area contributed by atoms with E-state index in [9.17, 15) is 14.7 Å². The van der Waals surface area contributed by atoms with Crippen molar-refractivity contribution in [2.45, 2.75) is 6.92 Å². The number of carbonyl (C=O) groups excluding carboxylic acids is 1. The molecule has 3 aromatic rings. The Balaban J connectivity index is 1.98. The maximum atomic E-state index is 12.8. The van der Waals surface area contributed by atoms with Gasteiger partial charge in [0.1, 0.15) is 0 Å². The molecule has 136 valence electrons. The van der Waals surface area contributed by atoms with Crippen molar-refractivity contribution in [3.63, 3.8) is 0 Å². The first-order chi connectivity index (χ1) is 12.9. The Bertz CT molecular complexity index is 1050. The Hall–Kier alpha value is -3.40. The number of fused-ring (bicyclic) bond motifs is 1. The average Bonchev–Trinajstić information content (AvgIpc) is 2.65. The zero-order chi connectivity index (χ0) is 19.6. The highest BCUT2D eigenvalue weighted by Gasteiger charge is 2.15. The molecule has 0 unspecified atom stereocenters. The molecule has 27 heavy (non-hydrogen) atoms. The van der Waals surface area contributed by atoms with E-state index in [1.807, 2.05) is 62.3 Å². The lowest BCUT2D eigenvalue weighted by Gasteiger charge is -2.11. The Morgan fingerprint density at radius 3 is 2.22 bits per heavy atom. The Morgan fingerprint density at radius 1 is 0.926 bits per heavy atom. The smallest absolute Gasteiger partial charge is 0.336 e. The monoisotopic (exact) mass is 359 g/mol. The van der Waals surface area contributed by atoms with Gasteiger partial charge in [0.15, 0.2) is 5.78 Å². The van der Waals surface area contributed by atoms with Gasteiger partial charge in [-0.05, 0) is 59.2 Å². The summed E-state index contributed by atoms with van der Waals surface area (Å²) in [5, 5.41) is 10.7. The van der Waals surface area contributed by atoms with E-state index in [-0.39, 0.29) is 11.3 Å². The molecule has 3 rings (SSSR count). The molecule has 4 heteroatoms. The van der Waals surface area contributed by atoms with Crippen LogP contribution in [0.2, 0.25) is 0 Å². The largest absolute Gasteiger partial charge is 0.478 e. The minimum atomic E-state index is -0.996. The molecule has 0 saturated carbocycles. The highest BCUT2D eigenvalue weighted by Crippen LogP contribution is 2.27. The van der Waals surface area contributed by atoms with Crippen molar-refractivity contribution in [3.8, 4) is 0 Å². The summed E-state index contributed by atoms with van der Waals surface area (Å²) in [4.78, 5) is 26.3. The number of carboxylic acids is 1. The zero-order valence-corrected chi connectivity index (χ0v) is 15.6. The molecule has 0 fully saturated rings. The highest BCUT2D eigenvalue weighted by atomic mass is 16.4. The van der Waals surface area contributed by atoms with Crippen LogP contribution in [-0.4, -0.2) is 31.0 Å². The number of ketones is 1. The van der Waals surface area contributed by atoms with Crippen LogP contribution in [0, 0.1) is 6.92 Å². The molecule has 0 atom stereocenters. The van der Waals surface area contributed by atoms with Crippen molar-refractivity contribution >= 4 is 34.3 Å². The highest BCUT2D eigenvalue weighted by molar-refractivity contribution is 6.18. The van der Waals surface area contributed by atoms with Crippen molar-refractivity contribution in [3.05, 3.63) is 82.9 Å². The summed E-state index contributed by atoms with van der Waals surface area (Å²) in [6.07, 6.45) is 3.30. The van der Waals surface area contributed by atoms with Gasteiger partial charge in [0, 0.05) is 25.3 Å². The summed E-state index contributed by atoms with van der Waals surface area (Å²) in [6.45, 7) is 1.85. The van der Waals surface area contributed by atoms with E-state index in [0.717, 1.165) is 16.8 Å². The number of hydrogen-bond donors (Lipinski definition) is 1. The lowest BCUT2D eigenvalue weighted by Crippen LogP contribution is -2.07. The van der Waals surface area contributed by atoms with Crippen LogP contribution in [0.4, 0.5) is 5.69 Å². The number of hydrogen-bond acceptors (Lipinski definition) is 3. The van der Waals surface area contributed by atoms with E-state index in [1.165, 1.54) is 12.1 Å². The van der Waals surface area contributed by atoms with E-state index in [1.54, 1.807) is 18.2 Å². The third kappa shape index (κ3) is 3.75. The topological polar surface area (TPSA) is 57.6 Å². The first kappa shape index (κ1) is 18.4. The van der Waals surface area contributed by atoms with E-state index < -0.39 is 5.97 Å². The molecule has 3 aromatic carbocycles. The van der Waals surface area contributed by atoms with Crippen LogP contribution in [0.5, 0.6) is 0 Å². The number of anilines is 1. The van der Waals surface area contributed by atoms with Gasteiger partial charge in [-0.25, -0.2) is 4.79 Å². The molecule has 0 aliphatic heterocycles. The van der Waals surface area contributed by atoms with E-state index >= 15 is 0 Å². The molecule has 0 aliphatic carbocycles. The fraction of sp³-hybridized carbons (Fsp3) is 0.130. The van der Waals surface area contributed by atoms with Gasteiger partial charge >= 0.3 is 5.97 Å². The number of carboxylic acid groups (broad SMARTS) is 1. The molecule has 0 heterocycles. The summed E-state index contributed by atoms with van der Waals surface area (Å²) in [5.74, 6) is -1.15. The van der Waals surface area contributed by atoms with E-state index in [4.69, 9.17) is 0 Å². The fourth-order valence-corrected chi connectivity index (χ4v) is 3.13. The standard InChI is InChI=1S/C23H21NO3/c1-15-5-4-6-19-18(12-13-20(22(15)19)23(26)27)21(25)14-9-16-7-10-17(11-8-16)24(2)3/h4-14H,1-3H3,(H,26,27)/b14-9-. The Labute approximate surface area is 158 Å². The predicted molar refractivity (Wildman–Crippen MR) is 110 cm³/mol. The maximum Gasteiger partial charge on any atom is 0.336 e. The van der Waals surface area contributed by atoms with E-state index in [0.29, 0.717) is 16.3 Å². The Morgan fingerprint density at radius 2 is 1.59 bits per heavy atom. The second-order valence-corrected chi connectivity index (χ2v) is 6.65. The summed E-state index contributed by atoms with van der Waals surface area (Å²) < 4.78 is 0. The predicted octanol–water partition coefficient (Wildman–Crippen LogP) is 4.81. The molecule has 1 N–H and O–H groups in total. The second-order valence-electron chi connectivity index (χ2n) is 6.65. The summed E-state index contributed by atoms with van der Waals surface area (Å²) >= 11 is 0. The average molecular weight is 359 g/mol. The van der Waals surface area contributed by atoms with Gasteiger partial charge in [-0.3, -0.25) is 4.79 Å². The number of aromatic carboxylic acids is 1. The normalized spacial score (nSPS) is 11.1. The van der Waals surface area contributed by atoms with Gasteiger partial charge in [-0.15, -0.1) is 0 Å².